The zero-order valence-electron chi connectivity index (χ0n) is 30.1. The minimum absolute atomic E-state index is 0.0566. The third-order valence-corrected chi connectivity index (χ3v) is 20.6. The number of allylic oxidation sites excluding steroid dienone is 2. The fraction of sp³-hybridized carbons (Fsp3) is 0.907. The number of likely N-dealkylation sites (tertiary alicyclic amines) is 2. The van der Waals surface area contributed by atoms with Crippen molar-refractivity contribution < 1.29 is 9.47 Å². The van der Waals surface area contributed by atoms with Gasteiger partial charge in [-0.05, 0) is 155 Å². The minimum Gasteiger partial charge on any atom is -0.381 e. The summed E-state index contributed by atoms with van der Waals surface area (Å²) in [5.41, 5.74) is 8.36. The standard InChI is InChI=1S/C43H60N2O2/c1-37-9-6-10-43-31(37)8-12-40-21-41(29(17-32(40)43)34(46-5)33(40)35(43)45(4)23-37)13-14-42-28-16-27-25-15-24-18-38(2,22-44(3)20-24)26(25)7-11-39(27,19-30(28)42)36(42)47-41/h16,24,28-36H,6-15,17-23H2,1-5H3/t24-,28?,29-,30-,31-,32-,33+,34?,35-,36+,37+,38+,39?,40+,41+,42?,43+/m1/s1. The molecule has 12 aliphatic carbocycles. The molecule has 15 rings (SSSR count). The molecule has 0 N–H and O–H groups in total. The maximum atomic E-state index is 8.26. The predicted molar refractivity (Wildman–Crippen MR) is 182 cm³/mol. The average Bonchev–Trinajstić information content (AvgIpc) is 3.55. The molecule has 11 fully saturated rings. The lowest BCUT2D eigenvalue weighted by atomic mass is 9.38. The van der Waals surface area contributed by atoms with Crippen molar-refractivity contribution in [1.29, 1.82) is 0 Å². The zero-order chi connectivity index (χ0) is 31.3. The van der Waals surface area contributed by atoms with Gasteiger partial charge in [0.1, 0.15) is 0 Å². The smallest absolute Gasteiger partial charge is 0.0745 e. The first-order chi connectivity index (χ1) is 22.6. The van der Waals surface area contributed by atoms with Crippen LogP contribution in [0.3, 0.4) is 0 Å². The Morgan fingerprint density at radius 2 is 1.83 bits per heavy atom. The number of hydrogen-bond acceptors (Lipinski definition) is 4. The summed E-state index contributed by atoms with van der Waals surface area (Å²) >= 11 is 0. The Labute approximate surface area is 283 Å². The highest BCUT2D eigenvalue weighted by Gasteiger charge is 2.87. The Bertz CT molecular complexity index is 1600. The number of rotatable bonds is 1. The van der Waals surface area contributed by atoms with Crippen LogP contribution >= 0.6 is 0 Å². The highest BCUT2D eigenvalue weighted by molar-refractivity contribution is 5.56. The van der Waals surface area contributed by atoms with E-state index in [1.54, 1.807) is 0 Å². The monoisotopic (exact) mass is 636 g/mol. The lowest BCUT2D eigenvalue weighted by molar-refractivity contribution is -0.308. The molecular formula is C43H60N2O2. The summed E-state index contributed by atoms with van der Waals surface area (Å²) in [6.07, 6.45) is 23.7. The Morgan fingerprint density at radius 1 is 0.936 bits per heavy atom. The molecule has 12 bridgehead atoms. The minimum atomic E-state index is 0.0566. The van der Waals surface area contributed by atoms with Gasteiger partial charge in [0.15, 0.2) is 0 Å². The van der Waals surface area contributed by atoms with Crippen molar-refractivity contribution in [3.8, 4) is 0 Å². The predicted octanol–water partition coefficient (Wildman–Crippen LogP) is 7.49. The number of methoxy groups -OCH3 is 1. The van der Waals surface area contributed by atoms with Crippen LogP contribution in [0.5, 0.6) is 0 Å². The van der Waals surface area contributed by atoms with Crippen LogP contribution in [0, 0.1) is 73.9 Å². The van der Waals surface area contributed by atoms with E-state index in [4.69, 9.17) is 9.47 Å². The Kier molecular flexibility index (Phi) is 4.69. The van der Waals surface area contributed by atoms with E-state index in [2.05, 4.69) is 50.9 Å². The fourth-order valence-corrected chi connectivity index (χ4v) is 20.4. The number of piperidine rings is 2. The number of fused-ring (bicyclic) bond motifs is 3. The first-order valence-electron chi connectivity index (χ1n) is 20.6. The van der Waals surface area contributed by atoms with Crippen molar-refractivity contribution >= 4 is 0 Å². The largest absolute Gasteiger partial charge is 0.381 e. The van der Waals surface area contributed by atoms with Crippen molar-refractivity contribution in [2.75, 3.05) is 40.8 Å². The second kappa shape index (κ2) is 7.88. The zero-order valence-corrected chi connectivity index (χ0v) is 30.1. The molecule has 0 amide bonds. The molecule has 3 heterocycles. The van der Waals surface area contributed by atoms with E-state index in [0.29, 0.717) is 50.6 Å². The molecule has 8 saturated carbocycles. The molecule has 254 valence electrons. The van der Waals surface area contributed by atoms with E-state index in [0.717, 1.165) is 41.5 Å². The van der Waals surface area contributed by atoms with Gasteiger partial charge in [0.2, 0.25) is 0 Å². The van der Waals surface area contributed by atoms with Gasteiger partial charge in [-0.1, -0.05) is 31.9 Å². The number of ether oxygens (including phenoxy) is 2. The third kappa shape index (κ3) is 2.64. The van der Waals surface area contributed by atoms with Crippen LogP contribution in [-0.2, 0) is 9.47 Å². The summed E-state index contributed by atoms with van der Waals surface area (Å²) < 4.78 is 15.2. The molecule has 0 aromatic carbocycles. The van der Waals surface area contributed by atoms with Crippen molar-refractivity contribution in [2.24, 2.45) is 73.9 Å². The second-order valence-electron chi connectivity index (χ2n) is 21.8. The topological polar surface area (TPSA) is 24.9 Å². The molecule has 4 heteroatoms. The number of nitrogens with zero attached hydrogens (tertiary/aromatic N) is 2. The van der Waals surface area contributed by atoms with E-state index in [1.807, 2.05) is 16.7 Å². The Balaban J connectivity index is 0.914. The van der Waals surface area contributed by atoms with E-state index in [1.165, 1.54) is 110 Å². The van der Waals surface area contributed by atoms with E-state index >= 15 is 0 Å². The van der Waals surface area contributed by atoms with Crippen LogP contribution in [0.15, 0.2) is 22.8 Å². The highest BCUT2D eigenvalue weighted by Crippen LogP contribution is 2.88. The van der Waals surface area contributed by atoms with Gasteiger partial charge >= 0.3 is 0 Å². The summed E-state index contributed by atoms with van der Waals surface area (Å²) in [7, 11) is 7.03. The van der Waals surface area contributed by atoms with Crippen LogP contribution in [0.25, 0.3) is 0 Å². The quantitative estimate of drug-likeness (QED) is 0.298. The summed E-state index contributed by atoms with van der Waals surface area (Å²) in [6.45, 7) is 9.23. The van der Waals surface area contributed by atoms with Crippen LogP contribution in [0.4, 0.5) is 0 Å². The molecular weight excluding hydrogens is 576 g/mol. The van der Waals surface area contributed by atoms with Crippen LogP contribution in [0.2, 0.25) is 0 Å². The van der Waals surface area contributed by atoms with Crippen molar-refractivity contribution in [3.63, 3.8) is 0 Å². The van der Waals surface area contributed by atoms with Gasteiger partial charge < -0.3 is 19.3 Å². The van der Waals surface area contributed by atoms with E-state index in [-0.39, 0.29) is 5.60 Å². The molecule has 47 heavy (non-hydrogen) atoms. The molecule has 3 saturated heterocycles. The normalized spacial score (nSPS) is 66.3. The highest BCUT2D eigenvalue weighted by atomic mass is 16.5. The SMILES string of the molecule is COC1[C@H]2C[C@@H]3[C@]4(CC[C@@H]5[C@@]6(C)CCC[C@]53[C@@H]([C@H]14)N(C)C6)C[C@@]21CCC23C4C=C5C6=C(CCC5(C[C@H]42)[C@@H]3O1)[C@@]1(C)C[C@@H](C6)CN(C)C1. The molecule has 0 radical (unpaired) electrons. The summed E-state index contributed by atoms with van der Waals surface area (Å²) in [5, 5.41) is 0. The molecule has 5 spiro atoms. The van der Waals surface area contributed by atoms with Gasteiger partial charge in [-0.2, -0.15) is 0 Å². The Morgan fingerprint density at radius 3 is 2.70 bits per heavy atom. The van der Waals surface area contributed by atoms with Crippen molar-refractivity contribution in [1.82, 2.24) is 9.80 Å². The molecule has 0 aromatic heterocycles. The molecule has 3 aliphatic heterocycles. The molecule has 15 aliphatic rings. The van der Waals surface area contributed by atoms with Gasteiger partial charge in [0.05, 0.1) is 17.8 Å². The van der Waals surface area contributed by atoms with Crippen molar-refractivity contribution in [2.45, 2.75) is 128 Å². The van der Waals surface area contributed by atoms with Gasteiger partial charge in [0.25, 0.3) is 0 Å². The first kappa shape index (κ1) is 28.0. The molecule has 0 aromatic rings. The van der Waals surface area contributed by atoms with Crippen LogP contribution in [0.1, 0.15) is 104 Å². The summed E-state index contributed by atoms with van der Waals surface area (Å²) in [6, 6.07) is 0.744. The lowest BCUT2D eigenvalue weighted by Gasteiger charge is -2.70. The maximum absolute atomic E-state index is 8.26. The van der Waals surface area contributed by atoms with E-state index in [9.17, 15) is 0 Å². The van der Waals surface area contributed by atoms with Gasteiger partial charge in [-0.15, -0.1) is 0 Å². The average molecular weight is 637 g/mol. The van der Waals surface area contributed by atoms with Crippen LogP contribution < -0.4 is 0 Å². The molecule has 4 unspecified atom stereocenters. The van der Waals surface area contributed by atoms with Crippen LogP contribution in [-0.4, -0.2) is 74.5 Å². The maximum Gasteiger partial charge on any atom is 0.0745 e. The third-order valence-electron chi connectivity index (χ3n) is 20.6. The van der Waals surface area contributed by atoms with Gasteiger partial charge in [-0.3, -0.25) is 0 Å². The number of hydrogen-bond donors (Lipinski definition) is 0. The second-order valence-corrected chi connectivity index (χ2v) is 21.8. The lowest BCUT2D eigenvalue weighted by Crippen LogP contribution is -2.70. The fourth-order valence-electron chi connectivity index (χ4n) is 20.4. The summed E-state index contributed by atoms with van der Waals surface area (Å²) in [4.78, 5) is 5.58. The molecule has 4 nitrogen and oxygen atoms in total. The summed E-state index contributed by atoms with van der Waals surface area (Å²) in [5.74, 6) is 5.76. The Hall–Kier alpha value is -0.680. The first-order valence-corrected chi connectivity index (χ1v) is 20.6. The van der Waals surface area contributed by atoms with Crippen molar-refractivity contribution in [3.05, 3.63) is 22.8 Å². The molecule has 17 atom stereocenters. The van der Waals surface area contributed by atoms with E-state index < -0.39 is 0 Å². The van der Waals surface area contributed by atoms with Gasteiger partial charge in [-0.25, -0.2) is 0 Å². The van der Waals surface area contributed by atoms with Gasteiger partial charge in [0, 0.05) is 60.9 Å².